The Balaban J connectivity index is 1.90. The van der Waals surface area contributed by atoms with Crippen molar-refractivity contribution in [2.75, 3.05) is 17.8 Å². The predicted octanol–water partition coefficient (Wildman–Crippen LogP) is 3.95. The molecule has 1 saturated heterocycles. The topological polar surface area (TPSA) is 66.5 Å². The van der Waals surface area contributed by atoms with Crippen molar-refractivity contribution in [3.05, 3.63) is 59.4 Å². The number of hydrogen-bond acceptors (Lipinski definition) is 3. The highest BCUT2D eigenvalue weighted by molar-refractivity contribution is 7.92. The van der Waals surface area contributed by atoms with Gasteiger partial charge < -0.3 is 4.90 Å². The Kier molecular flexibility index (Phi) is 5.79. The summed E-state index contributed by atoms with van der Waals surface area (Å²) in [5.74, 6) is -0.814. The maximum absolute atomic E-state index is 13.8. The number of carbonyl (C=O) groups is 1. The van der Waals surface area contributed by atoms with Gasteiger partial charge in [0.25, 0.3) is 15.9 Å². The van der Waals surface area contributed by atoms with E-state index < -0.39 is 15.8 Å². The molecule has 7 heteroatoms. The first-order chi connectivity index (χ1) is 12.9. The van der Waals surface area contributed by atoms with Gasteiger partial charge in [0, 0.05) is 18.7 Å². The molecule has 1 fully saturated rings. The van der Waals surface area contributed by atoms with Crippen molar-refractivity contribution in [3.63, 3.8) is 0 Å². The van der Waals surface area contributed by atoms with Gasteiger partial charge in [-0.25, -0.2) is 12.8 Å². The predicted molar refractivity (Wildman–Crippen MR) is 103 cm³/mol. The number of hydrogen-bond donors (Lipinski definition) is 1. The molecule has 1 aliphatic heterocycles. The number of carbonyl (C=O) groups excluding carboxylic acids is 1. The van der Waals surface area contributed by atoms with E-state index in [1.165, 1.54) is 30.3 Å². The third-order valence-electron chi connectivity index (χ3n) is 4.76. The molecule has 3 rings (SSSR count). The number of halogens is 1. The van der Waals surface area contributed by atoms with Gasteiger partial charge in [0.1, 0.15) is 5.82 Å². The largest absolute Gasteiger partial charge is 0.339 e. The quantitative estimate of drug-likeness (QED) is 0.860. The van der Waals surface area contributed by atoms with Crippen molar-refractivity contribution in [3.8, 4) is 0 Å². The van der Waals surface area contributed by atoms with Crippen LogP contribution >= 0.6 is 0 Å². The Bertz CT molecular complexity index is 936. The fourth-order valence-electron chi connectivity index (χ4n) is 3.19. The normalized spacial score (nSPS) is 15.3. The maximum atomic E-state index is 13.8. The smallest absolute Gasteiger partial charge is 0.262 e. The Labute approximate surface area is 159 Å². The summed E-state index contributed by atoms with van der Waals surface area (Å²) >= 11 is 0. The van der Waals surface area contributed by atoms with Gasteiger partial charge in [0.15, 0.2) is 0 Å². The lowest BCUT2D eigenvalue weighted by Crippen LogP contribution is -2.32. The molecule has 0 unspecified atom stereocenters. The standard InChI is InChI=1S/C20H23FN2O3S/c1-15-10-11-16(27(25,26)22-19-9-5-4-8-18(19)21)14-17(15)20(24)23-12-6-2-3-7-13-23/h4-5,8-11,14,22H,2-3,6-7,12-13H2,1H3. The first kappa shape index (κ1) is 19.4. The minimum Gasteiger partial charge on any atom is -0.339 e. The van der Waals surface area contributed by atoms with Gasteiger partial charge in [-0.3, -0.25) is 9.52 Å². The molecular formula is C20H23FN2O3S. The molecule has 0 atom stereocenters. The molecule has 27 heavy (non-hydrogen) atoms. The van der Waals surface area contributed by atoms with Crippen LogP contribution < -0.4 is 4.72 Å². The highest BCUT2D eigenvalue weighted by Gasteiger charge is 2.23. The zero-order valence-electron chi connectivity index (χ0n) is 15.2. The van der Waals surface area contributed by atoms with Crippen molar-refractivity contribution in [2.45, 2.75) is 37.5 Å². The Morgan fingerprint density at radius 3 is 2.37 bits per heavy atom. The molecule has 1 N–H and O–H groups in total. The van der Waals surface area contributed by atoms with E-state index in [1.807, 2.05) is 0 Å². The van der Waals surface area contributed by atoms with Crippen molar-refractivity contribution < 1.29 is 17.6 Å². The van der Waals surface area contributed by atoms with Gasteiger partial charge >= 0.3 is 0 Å². The molecule has 0 aliphatic carbocycles. The summed E-state index contributed by atoms with van der Waals surface area (Å²) in [5, 5.41) is 0. The number of nitrogens with one attached hydrogen (secondary N) is 1. The van der Waals surface area contributed by atoms with Crippen LogP contribution in [0.2, 0.25) is 0 Å². The van der Waals surface area contributed by atoms with Crippen molar-refractivity contribution >= 4 is 21.6 Å². The summed E-state index contributed by atoms with van der Waals surface area (Å²) in [6.07, 6.45) is 4.11. The van der Waals surface area contributed by atoms with Gasteiger partial charge in [0.2, 0.25) is 0 Å². The number of sulfonamides is 1. The summed E-state index contributed by atoms with van der Waals surface area (Å²) in [6, 6.07) is 9.98. The molecule has 0 spiro atoms. The second-order valence-electron chi connectivity index (χ2n) is 6.77. The van der Waals surface area contributed by atoms with Crippen LogP contribution in [0.5, 0.6) is 0 Å². The van der Waals surface area contributed by atoms with Gasteiger partial charge in [0.05, 0.1) is 10.6 Å². The number of aryl methyl sites for hydroxylation is 1. The summed E-state index contributed by atoms with van der Waals surface area (Å²) in [7, 11) is -4.01. The molecule has 1 heterocycles. The van der Waals surface area contributed by atoms with E-state index in [0.29, 0.717) is 24.2 Å². The SMILES string of the molecule is Cc1ccc(S(=O)(=O)Nc2ccccc2F)cc1C(=O)N1CCCCCC1. The van der Waals surface area contributed by atoms with Gasteiger partial charge in [-0.15, -0.1) is 0 Å². The second-order valence-corrected chi connectivity index (χ2v) is 8.45. The summed E-state index contributed by atoms with van der Waals surface area (Å²) in [6.45, 7) is 3.15. The van der Waals surface area contributed by atoms with Crippen molar-refractivity contribution in [2.24, 2.45) is 0 Å². The lowest BCUT2D eigenvalue weighted by atomic mass is 10.1. The average molecular weight is 390 g/mol. The van der Waals surface area contributed by atoms with Crippen LogP contribution in [-0.4, -0.2) is 32.3 Å². The highest BCUT2D eigenvalue weighted by atomic mass is 32.2. The fourth-order valence-corrected chi connectivity index (χ4v) is 4.28. The second kappa shape index (κ2) is 8.08. The molecule has 0 radical (unpaired) electrons. The van der Waals surface area contributed by atoms with E-state index in [0.717, 1.165) is 25.7 Å². The van der Waals surface area contributed by atoms with Crippen LogP contribution in [0.1, 0.15) is 41.6 Å². The molecule has 1 aliphatic rings. The van der Waals surface area contributed by atoms with E-state index in [9.17, 15) is 17.6 Å². The molecule has 0 saturated carbocycles. The van der Waals surface area contributed by atoms with Gasteiger partial charge in [-0.2, -0.15) is 0 Å². The zero-order valence-corrected chi connectivity index (χ0v) is 16.1. The maximum Gasteiger partial charge on any atom is 0.262 e. The monoisotopic (exact) mass is 390 g/mol. The number of amides is 1. The molecule has 0 bridgehead atoms. The van der Waals surface area contributed by atoms with Crippen LogP contribution in [0.3, 0.4) is 0 Å². The third kappa shape index (κ3) is 4.47. The van der Waals surface area contributed by atoms with Crippen LogP contribution in [0.4, 0.5) is 10.1 Å². The number of para-hydroxylation sites is 1. The first-order valence-electron chi connectivity index (χ1n) is 9.06. The summed E-state index contributed by atoms with van der Waals surface area (Å²) < 4.78 is 41.4. The fraction of sp³-hybridized carbons (Fsp3) is 0.350. The van der Waals surface area contributed by atoms with Crippen LogP contribution in [0.25, 0.3) is 0 Å². The Morgan fingerprint density at radius 2 is 1.70 bits per heavy atom. The molecule has 5 nitrogen and oxygen atoms in total. The summed E-state index contributed by atoms with van der Waals surface area (Å²) in [4.78, 5) is 14.6. The highest BCUT2D eigenvalue weighted by Crippen LogP contribution is 2.23. The molecular weight excluding hydrogens is 367 g/mol. The van der Waals surface area contributed by atoms with E-state index >= 15 is 0 Å². The molecule has 1 amide bonds. The minimum atomic E-state index is -4.01. The van der Waals surface area contributed by atoms with Gasteiger partial charge in [-0.1, -0.05) is 31.0 Å². The molecule has 144 valence electrons. The van der Waals surface area contributed by atoms with Crippen LogP contribution in [-0.2, 0) is 10.0 Å². The van der Waals surface area contributed by atoms with Crippen molar-refractivity contribution in [1.29, 1.82) is 0 Å². The Hall–Kier alpha value is -2.41. The number of nitrogens with zero attached hydrogens (tertiary/aromatic N) is 1. The van der Waals surface area contributed by atoms with E-state index in [-0.39, 0.29) is 16.5 Å². The average Bonchev–Trinajstić information content (AvgIpc) is 2.92. The van der Waals surface area contributed by atoms with Crippen LogP contribution in [0.15, 0.2) is 47.4 Å². The lowest BCUT2D eigenvalue weighted by molar-refractivity contribution is 0.0760. The van der Waals surface area contributed by atoms with E-state index in [1.54, 1.807) is 24.0 Å². The van der Waals surface area contributed by atoms with Gasteiger partial charge in [-0.05, 0) is 49.6 Å². The number of anilines is 1. The zero-order chi connectivity index (χ0) is 19.4. The lowest BCUT2D eigenvalue weighted by Gasteiger charge is -2.21. The van der Waals surface area contributed by atoms with E-state index in [2.05, 4.69) is 4.72 Å². The summed E-state index contributed by atoms with van der Waals surface area (Å²) in [5.41, 5.74) is 0.959. The third-order valence-corrected chi connectivity index (χ3v) is 6.12. The van der Waals surface area contributed by atoms with Crippen LogP contribution in [0, 0.1) is 12.7 Å². The number of likely N-dealkylation sites (tertiary alicyclic amines) is 1. The number of rotatable bonds is 4. The first-order valence-corrected chi connectivity index (χ1v) is 10.5. The molecule has 2 aromatic rings. The Morgan fingerprint density at radius 1 is 1.04 bits per heavy atom. The minimum absolute atomic E-state index is 0.0606. The molecule has 0 aromatic heterocycles. The van der Waals surface area contributed by atoms with Crippen molar-refractivity contribution in [1.82, 2.24) is 4.90 Å². The number of benzene rings is 2. The van der Waals surface area contributed by atoms with E-state index in [4.69, 9.17) is 0 Å². The molecule has 2 aromatic carbocycles.